The van der Waals surface area contributed by atoms with Crippen LogP contribution in [0.1, 0.15) is 42.9 Å². The Morgan fingerprint density at radius 3 is 1.83 bits per heavy atom. The van der Waals surface area contributed by atoms with Crippen molar-refractivity contribution in [2.75, 3.05) is 26.2 Å². The van der Waals surface area contributed by atoms with Crippen LogP contribution in [0, 0.1) is 0 Å². The van der Waals surface area contributed by atoms with Gasteiger partial charge in [0.05, 0.1) is 12.6 Å². The molecule has 11 N–H and O–H groups in total. The first-order chi connectivity index (χ1) is 28.5. The van der Waals surface area contributed by atoms with E-state index in [1.54, 1.807) is 60.8 Å². The van der Waals surface area contributed by atoms with E-state index in [1.807, 2.05) is 30.3 Å². The second-order valence-electron chi connectivity index (χ2n) is 14.8. The summed E-state index contributed by atoms with van der Waals surface area (Å²) in [5.41, 5.74) is 14.6. The summed E-state index contributed by atoms with van der Waals surface area (Å²) >= 11 is 0. The van der Waals surface area contributed by atoms with E-state index in [-0.39, 0.29) is 38.8 Å². The first kappa shape index (κ1) is 44.0. The Labute approximate surface area is 343 Å². The average molecular weight is 810 g/mol. The number of hydrogen-bond donors (Lipinski definition) is 9. The molecule has 3 aromatic carbocycles. The fourth-order valence-corrected chi connectivity index (χ4v) is 7.12. The van der Waals surface area contributed by atoms with Crippen molar-refractivity contribution in [3.63, 3.8) is 0 Å². The van der Waals surface area contributed by atoms with Crippen molar-refractivity contribution in [3.8, 4) is 0 Å². The van der Waals surface area contributed by atoms with Crippen molar-refractivity contribution < 1.29 is 33.9 Å². The number of rotatable bonds is 13. The number of nitrogens with one attached hydrogen (secondary N) is 6. The third kappa shape index (κ3) is 12.4. The number of aliphatic hydroxyl groups is 1. The third-order valence-corrected chi connectivity index (χ3v) is 10.3. The molecule has 6 atom stereocenters. The highest BCUT2D eigenvalue weighted by atomic mass is 16.3. The third-order valence-electron chi connectivity index (χ3n) is 10.3. The fraction of sp³-hybridized carbons (Fsp3) is 0.395. The van der Waals surface area contributed by atoms with Gasteiger partial charge in [0.15, 0.2) is 0 Å². The lowest BCUT2D eigenvalue weighted by atomic mass is 10.0. The molecule has 59 heavy (non-hydrogen) atoms. The zero-order chi connectivity index (χ0) is 42.3. The summed E-state index contributed by atoms with van der Waals surface area (Å²) in [6, 6.07) is 18.9. The predicted octanol–water partition coefficient (Wildman–Crippen LogP) is -0.0695. The van der Waals surface area contributed by atoms with E-state index >= 15 is 0 Å². The predicted molar refractivity (Wildman–Crippen MR) is 222 cm³/mol. The second kappa shape index (κ2) is 21.6. The van der Waals surface area contributed by atoms with Gasteiger partial charge < -0.3 is 53.0 Å². The molecular formula is C43H55N9O7. The van der Waals surface area contributed by atoms with Crippen LogP contribution < -0.4 is 38.1 Å². The number of unbranched alkanes of at least 4 members (excludes halogenated alkanes) is 1. The lowest BCUT2D eigenvalue weighted by Gasteiger charge is -2.31. The summed E-state index contributed by atoms with van der Waals surface area (Å²) in [6.07, 6.45) is 1.43. The van der Waals surface area contributed by atoms with E-state index in [0.29, 0.717) is 30.5 Å². The fourth-order valence-electron chi connectivity index (χ4n) is 7.12. The maximum absolute atomic E-state index is 14.4. The van der Waals surface area contributed by atoms with Gasteiger partial charge in [0.25, 0.3) is 0 Å². The van der Waals surface area contributed by atoms with Crippen molar-refractivity contribution in [1.82, 2.24) is 36.5 Å². The summed E-state index contributed by atoms with van der Waals surface area (Å²) in [5, 5.41) is 25.3. The zero-order valence-corrected chi connectivity index (χ0v) is 33.2. The van der Waals surface area contributed by atoms with Crippen LogP contribution in [0.2, 0.25) is 0 Å². The first-order valence-corrected chi connectivity index (χ1v) is 20.0. The number of aromatic nitrogens is 1. The molecule has 5 rings (SSSR count). The van der Waals surface area contributed by atoms with Crippen LogP contribution in [0.5, 0.6) is 0 Å². The number of benzene rings is 3. The lowest BCUT2D eigenvalue weighted by Crippen LogP contribution is -2.62. The lowest BCUT2D eigenvalue weighted by molar-refractivity contribution is -0.141. The Balaban J connectivity index is 1.56. The number of aliphatic hydroxyl groups excluding tert-OH is 1. The molecule has 2 heterocycles. The maximum atomic E-state index is 14.4. The summed E-state index contributed by atoms with van der Waals surface area (Å²) < 4.78 is 0. The molecule has 0 aliphatic carbocycles. The van der Waals surface area contributed by atoms with E-state index < -0.39 is 78.3 Å². The van der Waals surface area contributed by atoms with E-state index in [4.69, 9.17) is 11.5 Å². The molecule has 4 aromatic rings. The van der Waals surface area contributed by atoms with Crippen LogP contribution in [0.15, 0.2) is 91.1 Å². The topological polar surface area (TPSA) is 254 Å². The molecule has 0 unspecified atom stereocenters. The smallest absolute Gasteiger partial charge is 0.246 e. The molecule has 1 aromatic heterocycles. The minimum Gasteiger partial charge on any atom is -0.391 e. The number of fused-ring (bicyclic) bond motifs is 1. The number of nitrogens with zero attached hydrogens (tertiary/aromatic N) is 1. The summed E-state index contributed by atoms with van der Waals surface area (Å²) in [7, 11) is 0. The number of amides is 6. The van der Waals surface area contributed by atoms with Crippen molar-refractivity contribution in [2.45, 2.75) is 81.8 Å². The van der Waals surface area contributed by atoms with Gasteiger partial charge in [0.1, 0.15) is 30.2 Å². The molecule has 16 heteroatoms. The number of H-pyrrole nitrogens is 1. The maximum Gasteiger partial charge on any atom is 0.246 e. The number of nitrogens with two attached hydrogens (primary N) is 2. The average Bonchev–Trinajstić information content (AvgIpc) is 3.63. The molecule has 0 bridgehead atoms. The van der Waals surface area contributed by atoms with E-state index in [1.165, 1.54) is 11.8 Å². The molecule has 0 radical (unpaired) electrons. The highest BCUT2D eigenvalue weighted by Crippen LogP contribution is 2.20. The molecule has 314 valence electrons. The van der Waals surface area contributed by atoms with Crippen LogP contribution in [0.25, 0.3) is 10.9 Å². The minimum absolute atomic E-state index is 0.00318. The van der Waals surface area contributed by atoms with Gasteiger partial charge in [-0.1, -0.05) is 78.9 Å². The molecule has 6 amide bonds. The Bertz CT molecular complexity index is 2040. The largest absolute Gasteiger partial charge is 0.391 e. The van der Waals surface area contributed by atoms with Crippen LogP contribution in [0.3, 0.4) is 0 Å². The molecular weight excluding hydrogens is 755 g/mol. The Kier molecular flexibility index (Phi) is 16.1. The molecule has 1 aliphatic rings. The Morgan fingerprint density at radius 1 is 0.644 bits per heavy atom. The number of carbonyl (C=O) groups is 6. The van der Waals surface area contributed by atoms with E-state index in [2.05, 4.69) is 31.6 Å². The molecule has 1 aliphatic heterocycles. The molecule has 0 spiro atoms. The van der Waals surface area contributed by atoms with Gasteiger partial charge in [0, 0.05) is 49.5 Å². The standard InChI is InChI=1S/C43H55N9O7/c1-27(53)38-42(58)50-36(23-29-14-6-3-7-15-29)43(59)52(21-20-45)26-37(54)47-34(22-28-12-4-2-5-13-28)40(56)49-35(24-30-25-46-32-17-9-8-16-31(30)32)41(57)48-33(39(55)51-38)18-10-11-19-44/h2-9,12-17,25,27,33-36,38,46,53H,10-11,18-24,26,44-45H2,1H3,(H,47,54)(H,48,57)(H,49,56)(H,50,58)(H,51,55)/t27-,33+,34+,35-,36+,38+/m1/s1. The molecule has 16 nitrogen and oxygen atoms in total. The Hall–Kier alpha value is -6.10. The highest BCUT2D eigenvalue weighted by molar-refractivity contribution is 5.98. The van der Waals surface area contributed by atoms with Gasteiger partial charge in [-0.3, -0.25) is 28.8 Å². The molecule has 1 saturated heterocycles. The van der Waals surface area contributed by atoms with Crippen molar-refractivity contribution in [2.24, 2.45) is 11.5 Å². The monoisotopic (exact) mass is 809 g/mol. The number of para-hydroxylation sites is 1. The van der Waals surface area contributed by atoms with Crippen LogP contribution in [-0.4, -0.2) is 113 Å². The number of carbonyl (C=O) groups excluding carboxylic acids is 6. The summed E-state index contributed by atoms with van der Waals surface area (Å²) in [6.45, 7) is 1.03. The minimum atomic E-state index is -1.55. The SMILES string of the molecule is C[C@@H](O)[C@@H]1NC(=O)[C@H](CCCCN)NC(=O)[C@@H](Cc2c[nH]c3ccccc23)NC(=O)[C@H](Cc2ccccc2)NC(=O)CN(CCN)C(=O)[C@H](Cc2ccccc2)NC1=O. The number of aromatic amines is 1. The highest BCUT2D eigenvalue weighted by Gasteiger charge is 2.36. The van der Waals surface area contributed by atoms with Gasteiger partial charge in [-0.25, -0.2) is 0 Å². The molecule has 0 saturated carbocycles. The van der Waals surface area contributed by atoms with Gasteiger partial charge in [-0.05, 0) is 55.5 Å². The van der Waals surface area contributed by atoms with Crippen molar-refractivity contribution in [3.05, 3.63) is 108 Å². The quantitative estimate of drug-likeness (QED) is 0.0819. The number of hydrogen-bond acceptors (Lipinski definition) is 9. The van der Waals surface area contributed by atoms with Gasteiger partial charge in [-0.2, -0.15) is 0 Å². The normalized spacial score (nSPS) is 22.0. The van der Waals surface area contributed by atoms with E-state index in [9.17, 15) is 33.9 Å². The van der Waals surface area contributed by atoms with E-state index in [0.717, 1.165) is 16.5 Å². The molecule has 1 fully saturated rings. The Morgan fingerprint density at radius 2 is 1.20 bits per heavy atom. The van der Waals surface area contributed by atoms with Crippen LogP contribution >= 0.6 is 0 Å². The van der Waals surface area contributed by atoms with Gasteiger partial charge in [0.2, 0.25) is 35.4 Å². The van der Waals surface area contributed by atoms with Crippen molar-refractivity contribution >= 4 is 46.3 Å². The van der Waals surface area contributed by atoms with Gasteiger partial charge in [-0.15, -0.1) is 0 Å². The summed E-state index contributed by atoms with van der Waals surface area (Å²) in [5.74, 6) is -4.31. The van der Waals surface area contributed by atoms with Crippen LogP contribution in [-0.2, 0) is 48.0 Å². The summed E-state index contributed by atoms with van der Waals surface area (Å²) in [4.78, 5) is 89.3. The zero-order valence-electron chi connectivity index (χ0n) is 33.2. The first-order valence-electron chi connectivity index (χ1n) is 20.0. The van der Waals surface area contributed by atoms with Gasteiger partial charge >= 0.3 is 0 Å². The second-order valence-corrected chi connectivity index (χ2v) is 14.8. The van der Waals surface area contributed by atoms with Crippen LogP contribution in [0.4, 0.5) is 0 Å². The van der Waals surface area contributed by atoms with Crippen molar-refractivity contribution in [1.29, 1.82) is 0 Å².